The van der Waals surface area contributed by atoms with Crippen LogP contribution >= 0.6 is 22.9 Å². The minimum absolute atomic E-state index is 0.273. The number of rotatable bonds is 3. The van der Waals surface area contributed by atoms with Crippen LogP contribution in [0.3, 0.4) is 0 Å². The van der Waals surface area contributed by atoms with Gasteiger partial charge in [-0.25, -0.2) is 4.79 Å². The van der Waals surface area contributed by atoms with Crippen LogP contribution in [-0.2, 0) is 4.74 Å². The second-order valence-electron chi connectivity index (χ2n) is 5.27. The van der Waals surface area contributed by atoms with Crippen LogP contribution in [0.5, 0.6) is 0 Å². The molecule has 0 saturated heterocycles. The molecule has 0 radical (unpaired) electrons. The summed E-state index contributed by atoms with van der Waals surface area (Å²) in [6, 6.07) is 12.4. The maximum absolute atomic E-state index is 12.5. The van der Waals surface area contributed by atoms with Crippen molar-refractivity contribution in [2.75, 3.05) is 12.4 Å². The van der Waals surface area contributed by atoms with Gasteiger partial charge in [0.25, 0.3) is 5.91 Å². The van der Waals surface area contributed by atoms with Gasteiger partial charge in [0.15, 0.2) is 0 Å². The highest BCUT2D eigenvalue weighted by molar-refractivity contribution is 7.21. The van der Waals surface area contributed by atoms with Crippen molar-refractivity contribution in [1.29, 1.82) is 0 Å². The van der Waals surface area contributed by atoms with E-state index in [0.29, 0.717) is 21.2 Å². The van der Waals surface area contributed by atoms with E-state index in [-0.39, 0.29) is 5.91 Å². The Labute approximate surface area is 148 Å². The van der Waals surface area contributed by atoms with E-state index in [1.807, 2.05) is 25.1 Å². The van der Waals surface area contributed by atoms with E-state index in [1.54, 1.807) is 24.3 Å². The summed E-state index contributed by atoms with van der Waals surface area (Å²) < 4.78 is 5.62. The first kappa shape index (κ1) is 16.5. The Morgan fingerprint density at radius 2 is 1.83 bits per heavy atom. The highest BCUT2D eigenvalue weighted by Gasteiger charge is 2.17. The number of methoxy groups -OCH3 is 1. The van der Waals surface area contributed by atoms with Crippen LogP contribution in [0.15, 0.2) is 42.5 Å². The molecule has 24 heavy (non-hydrogen) atoms. The minimum atomic E-state index is -0.421. The van der Waals surface area contributed by atoms with Gasteiger partial charge in [0.1, 0.15) is 4.88 Å². The highest BCUT2D eigenvalue weighted by atomic mass is 35.5. The number of hydrogen-bond acceptors (Lipinski definition) is 4. The fourth-order valence-electron chi connectivity index (χ4n) is 2.31. The summed E-state index contributed by atoms with van der Waals surface area (Å²) in [5, 5.41) is 4.12. The molecule has 0 spiro atoms. The Morgan fingerprint density at radius 3 is 2.50 bits per heavy atom. The first-order valence-electron chi connectivity index (χ1n) is 7.18. The molecule has 0 bridgehead atoms. The van der Waals surface area contributed by atoms with E-state index >= 15 is 0 Å². The molecule has 6 heteroatoms. The van der Waals surface area contributed by atoms with Crippen molar-refractivity contribution in [1.82, 2.24) is 0 Å². The number of thiophene rings is 1. The third kappa shape index (κ3) is 3.13. The van der Waals surface area contributed by atoms with Gasteiger partial charge in [-0.15, -0.1) is 11.3 Å². The second-order valence-corrected chi connectivity index (χ2v) is 6.70. The SMILES string of the molecule is COC(=O)c1ccc(NC(=O)c2sc3cc(C)ccc3c2Cl)cc1. The van der Waals surface area contributed by atoms with Gasteiger partial charge in [-0.1, -0.05) is 23.7 Å². The molecule has 4 nitrogen and oxygen atoms in total. The third-order valence-electron chi connectivity index (χ3n) is 3.56. The summed E-state index contributed by atoms with van der Waals surface area (Å²) in [4.78, 5) is 24.4. The molecule has 1 aromatic heterocycles. The van der Waals surface area contributed by atoms with E-state index < -0.39 is 5.97 Å². The fraction of sp³-hybridized carbons (Fsp3) is 0.111. The van der Waals surface area contributed by atoms with Gasteiger partial charge in [-0.3, -0.25) is 4.79 Å². The van der Waals surface area contributed by atoms with E-state index in [1.165, 1.54) is 18.4 Å². The summed E-state index contributed by atoms with van der Waals surface area (Å²) in [5.41, 5.74) is 2.12. The summed E-state index contributed by atoms with van der Waals surface area (Å²) in [7, 11) is 1.32. The van der Waals surface area contributed by atoms with Crippen molar-refractivity contribution >= 4 is 50.6 Å². The van der Waals surface area contributed by atoms with Gasteiger partial charge in [0.2, 0.25) is 0 Å². The average molecular weight is 360 g/mol. The predicted molar refractivity (Wildman–Crippen MR) is 97.3 cm³/mol. The number of nitrogens with one attached hydrogen (secondary N) is 1. The Morgan fingerprint density at radius 1 is 1.12 bits per heavy atom. The molecule has 0 aliphatic rings. The second kappa shape index (κ2) is 6.63. The maximum Gasteiger partial charge on any atom is 0.337 e. The molecule has 3 aromatic rings. The Kier molecular flexibility index (Phi) is 4.55. The molecule has 0 saturated carbocycles. The Hall–Kier alpha value is -2.37. The van der Waals surface area contributed by atoms with E-state index in [9.17, 15) is 9.59 Å². The molecule has 0 aliphatic heterocycles. The zero-order valence-electron chi connectivity index (χ0n) is 13.1. The van der Waals surface area contributed by atoms with Crippen molar-refractivity contribution in [2.45, 2.75) is 6.92 Å². The van der Waals surface area contributed by atoms with Gasteiger partial charge in [0, 0.05) is 15.8 Å². The molecular formula is C18H14ClNO3S. The minimum Gasteiger partial charge on any atom is -0.465 e. The van der Waals surface area contributed by atoms with Gasteiger partial charge in [0.05, 0.1) is 17.7 Å². The fourth-order valence-corrected chi connectivity index (χ4v) is 3.82. The Bertz CT molecular complexity index is 931. The van der Waals surface area contributed by atoms with Crippen molar-refractivity contribution in [3.05, 3.63) is 63.5 Å². The lowest BCUT2D eigenvalue weighted by Crippen LogP contribution is -2.11. The molecule has 0 atom stereocenters. The number of esters is 1. The van der Waals surface area contributed by atoms with Crippen LogP contribution in [0.4, 0.5) is 5.69 Å². The molecule has 1 amide bonds. The molecule has 122 valence electrons. The largest absolute Gasteiger partial charge is 0.465 e. The first-order valence-corrected chi connectivity index (χ1v) is 8.37. The monoisotopic (exact) mass is 359 g/mol. The molecule has 3 rings (SSSR count). The molecule has 2 aromatic carbocycles. The van der Waals surface area contributed by atoms with E-state index in [2.05, 4.69) is 10.1 Å². The average Bonchev–Trinajstić information content (AvgIpc) is 2.91. The van der Waals surface area contributed by atoms with Gasteiger partial charge in [-0.05, 0) is 42.8 Å². The van der Waals surface area contributed by atoms with Crippen molar-refractivity contribution in [2.24, 2.45) is 0 Å². The molecule has 1 heterocycles. The van der Waals surface area contributed by atoms with Crippen LogP contribution in [0.2, 0.25) is 5.02 Å². The molecule has 0 fully saturated rings. The quantitative estimate of drug-likeness (QED) is 0.676. The number of anilines is 1. The number of carbonyl (C=O) groups excluding carboxylic acids is 2. The smallest absolute Gasteiger partial charge is 0.337 e. The lowest BCUT2D eigenvalue weighted by atomic mass is 10.2. The van der Waals surface area contributed by atoms with Crippen molar-refractivity contribution in [3.63, 3.8) is 0 Å². The van der Waals surface area contributed by atoms with Crippen LogP contribution < -0.4 is 5.32 Å². The van der Waals surface area contributed by atoms with Crippen LogP contribution in [-0.4, -0.2) is 19.0 Å². The lowest BCUT2D eigenvalue weighted by molar-refractivity contribution is 0.0600. The Balaban J connectivity index is 1.85. The van der Waals surface area contributed by atoms with Crippen molar-refractivity contribution < 1.29 is 14.3 Å². The zero-order valence-corrected chi connectivity index (χ0v) is 14.6. The number of aryl methyl sites for hydroxylation is 1. The zero-order chi connectivity index (χ0) is 17.3. The number of benzene rings is 2. The number of fused-ring (bicyclic) bond motifs is 1. The number of carbonyl (C=O) groups is 2. The van der Waals surface area contributed by atoms with Gasteiger partial charge in [-0.2, -0.15) is 0 Å². The normalized spacial score (nSPS) is 10.6. The number of ether oxygens (including phenoxy) is 1. The van der Waals surface area contributed by atoms with Crippen molar-refractivity contribution in [3.8, 4) is 0 Å². The van der Waals surface area contributed by atoms with Crippen LogP contribution in [0, 0.1) is 6.92 Å². The number of hydrogen-bond donors (Lipinski definition) is 1. The van der Waals surface area contributed by atoms with E-state index in [4.69, 9.17) is 11.6 Å². The summed E-state index contributed by atoms with van der Waals surface area (Å²) in [6.45, 7) is 2.00. The molecule has 0 aliphatic carbocycles. The van der Waals surface area contributed by atoms with Gasteiger partial charge >= 0.3 is 5.97 Å². The van der Waals surface area contributed by atoms with Crippen LogP contribution in [0.1, 0.15) is 25.6 Å². The number of amides is 1. The molecular weight excluding hydrogens is 346 g/mol. The summed E-state index contributed by atoms with van der Waals surface area (Å²) >= 11 is 7.70. The highest BCUT2D eigenvalue weighted by Crippen LogP contribution is 2.36. The molecule has 0 unspecified atom stereocenters. The van der Waals surface area contributed by atoms with E-state index in [0.717, 1.165) is 15.6 Å². The summed E-state index contributed by atoms with van der Waals surface area (Å²) in [5.74, 6) is -0.694. The standard InChI is InChI=1S/C18H14ClNO3S/c1-10-3-8-13-14(9-10)24-16(15(13)19)17(21)20-12-6-4-11(5-7-12)18(22)23-2/h3-9H,1-2H3,(H,20,21). The maximum atomic E-state index is 12.5. The number of halogens is 1. The predicted octanol–water partition coefficient (Wildman–Crippen LogP) is 4.90. The first-order chi connectivity index (χ1) is 11.5. The van der Waals surface area contributed by atoms with Crippen LogP contribution in [0.25, 0.3) is 10.1 Å². The topological polar surface area (TPSA) is 55.4 Å². The van der Waals surface area contributed by atoms with Gasteiger partial charge < -0.3 is 10.1 Å². The third-order valence-corrected chi connectivity index (χ3v) is 5.21. The molecule has 1 N–H and O–H groups in total. The summed E-state index contributed by atoms with van der Waals surface area (Å²) in [6.07, 6.45) is 0. The lowest BCUT2D eigenvalue weighted by Gasteiger charge is -2.05.